The number of thioether (sulfide) groups is 1. The van der Waals surface area contributed by atoms with Gasteiger partial charge in [0.05, 0.1) is 10.6 Å². The number of carboxylic acid groups (broad SMARTS) is 1. The average molecular weight is 434 g/mol. The highest BCUT2D eigenvalue weighted by Gasteiger charge is 2.40. The first-order valence-electron chi connectivity index (χ1n) is 11.7. The summed E-state index contributed by atoms with van der Waals surface area (Å²) in [4.78, 5) is 14.3. The number of aryl methyl sites for hydroxylation is 1. The quantitative estimate of drug-likeness (QED) is 0.510. The van der Waals surface area contributed by atoms with Crippen molar-refractivity contribution >= 4 is 28.5 Å². The summed E-state index contributed by atoms with van der Waals surface area (Å²) in [5.41, 5.74) is 1.86. The van der Waals surface area contributed by atoms with Gasteiger partial charge in [-0.1, -0.05) is 55.0 Å². The number of hydrogen-bond donors (Lipinski definition) is 1. The molecule has 2 aromatic carbocycles. The minimum atomic E-state index is -0.801. The van der Waals surface area contributed by atoms with E-state index in [9.17, 15) is 9.90 Å². The normalized spacial score (nSPS) is 25.0. The third kappa shape index (κ3) is 4.41. The zero-order valence-corrected chi connectivity index (χ0v) is 18.8. The first kappa shape index (κ1) is 20.7. The highest BCUT2D eigenvalue weighted by molar-refractivity contribution is 8.03. The number of nitrogens with zero attached hydrogens (tertiary/aromatic N) is 1. The molecule has 3 unspecified atom stereocenters. The predicted octanol–water partition coefficient (Wildman–Crippen LogP) is 6.11. The van der Waals surface area contributed by atoms with Crippen LogP contribution in [0, 0.1) is 17.8 Å². The van der Waals surface area contributed by atoms with Crippen LogP contribution in [0.3, 0.4) is 0 Å². The van der Waals surface area contributed by atoms with Crippen LogP contribution in [0.25, 0.3) is 10.8 Å². The molecule has 4 heteroatoms. The van der Waals surface area contributed by atoms with E-state index in [0.29, 0.717) is 5.57 Å². The largest absolute Gasteiger partial charge is 0.478 e. The number of fused-ring (bicyclic) bond motifs is 3. The second-order valence-corrected chi connectivity index (χ2v) is 10.4. The molecule has 0 spiro atoms. The van der Waals surface area contributed by atoms with Gasteiger partial charge in [0.2, 0.25) is 0 Å². The van der Waals surface area contributed by atoms with Gasteiger partial charge in [0.25, 0.3) is 0 Å². The fraction of sp³-hybridized carbons (Fsp3) is 0.444. The molecule has 162 valence electrons. The SMILES string of the molecule is O=C(O)C1=C(SCCCc2cccc3ccccc23)N(CC2CC3CCC2C3)CC=C1. The van der Waals surface area contributed by atoms with E-state index in [1.807, 2.05) is 12.2 Å². The van der Waals surface area contributed by atoms with Gasteiger partial charge in [0, 0.05) is 13.1 Å². The van der Waals surface area contributed by atoms with Crippen molar-refractivity contribution in [2.24, 2.45) is 17.8 Å². The minimum Gasteiger partial charge on any atom is -0.478 e. The van der Waals surface area contributed by atoms with E-state index in [0.717, 1.165) is 54.5 Å². The lowest BCUT2D eigenvalue weighted by Crippen LogP contribution is -2.33. The molecule has 2 aliphatic carbocycles. The number of benzene rings is 2. The Morgan fingerprint density at radius 3 is 2.77 bits per heavy atom. The van der Waals surface area contributed by atoms with E-state index in [4.69, 9.17) is 0 Å². The molecule has 0 amide bonds. The maximum atomic E-state index is 11.9. The fourth-order valence-corrected chi connectivity index (χ4v) is 7.06. The summed E-state index contributed by atoms with van der Waals surface area (Å²) in [7, 11) is 0. The Bertz CT molecular complexity index is 1020. The minimum absolute atomic E-state index is 0.476. The standard InChI is InChI=1S/C27H31NO2S/c29-27(30)25-11-4-14-28(18-23-17-19-12-13-22(23)16-19)26(25)31-15-5-9-21-8-3-7-20-6-1-2-10-24(20)21/h1-4,6-8,10-11,19,22-23H,5,9,12-18H2,(H,29,30). The van der Waals surface area contributed by atoms with Gasteiger partial charge in [-0.2, -0.15) is 0 Å². The topological polar surface area (TPSA) is 40.5 Å². The number of rotatable bonds is 8. The molecule has 31 heavy (non-hydrogen) atoms. The number of carbonyl (C=O) groups is 1. The molecule has 3 atom stereocenters. The number of aliphatic carboxylic acids is 1. The monoisotopic (exact) mass is 433 g/mol. The van der Waals surface area contributed by atoms with Crippen LogP contribution < -0.4 is 0 Å². The fourth-order valence-electron chi connectivity index (χ4n) is 5.94. The molecule has 2 fully saturated rings. The Hall–Kier alpha value is -2.20. The van der Waals surface area contributed by atoms with Crippen LogP contribution in [0.15, 0.2) is 65.2 Å². The molecule has 1 N–H and O–H groups in total. The van der Waals surface area contributed by atoms with E-state index < -0.39 is 5.97 Å². The number of carboxylic acids is 1. The molecule has 0 saturated heterocycles. The second kappa shape index (κ2) is 9.12. The molecule has 5 rings (SSSR count). The molecule has 2 bridgehead atoms. The Labute approximate surface area is 189 Å². The van der Waals surface area contributed by atoms with Crippen molar-refractivity contribution in [1.29, 1.82) is 0 Å². The van der Waals surface area contributed by atoms with Crippen molar-refractivity contribution in [2.75, 3.05) is 18.8 Å². The highest BCUT2D eigenvalue weighted by atomic mass is 32.2. The van der Waals surface area contributed by atoms with Gasteiger partial charge in [0.15, 0.2) is 0 Å². The summed E-state index contributed by atoms with van der Waals surface area (Å²) >= 11 is 1.74. The van der Waals surface area contributed by atoms with Gasteiger partial charge >= 0.3 is 5.97 Å². The summed E-state index contributed by atoms with van der Waals surface area (Å²) < 4.78 is 0. The van der Waals surface area contributed by atoms with Crippen molar-refractivity contribution in [3.05, 3.63) is 70.8 Å². The molecular weight excluding hydrogens is 402 g/mol. The van der Waals surface area contributed by atoms with E-state index in [1.54, 1.807) is 11.8 Å². The molecule has 2 saturated carbocycles. The zero-order valence-electron chi connectivity index (χ0n) is 18.0. The maximum absolute atomic E-state index is 11.9. The van der Waals surface area contributed by atoms with Crippen LogP contribution >= 0.6 is 11.8 Å². The first-order valence-corrected chi connectivity index (χ1v) is 12.7. The lowest BCUT2D eigenvalue weighted by molar-refractivity contribution is -0.132. The van der Waals surface area contributed by atoms with Gasteiger partial charge in [0.1, 0.15) is 0 Å². The van der Waals surface area contributed by atoms with Gasteiger partial charge in [-0.15, -0.1) is 11.8 Å². The van der Waals surface area contributed by atoms with Crippen LogP contribution in [-0.4, -0.2) is 34.8 Å². The molecule has 1 heterocycles. The van der Waals surface area contributed by atoms with Gasteiger partial charge < -0.3 is 10.0 Å². The maximum Gasteiger partial charge on any atom is 0.338 e. The van der Waals surface area contributed by atoms with Crippen LogP contribution in [0.1, 0.15) is 37.7 Å². The van der Waals surface area contributed by atoms with Crippen LogP contribution in [0.4, 0.5) is 0 Å². The molecule has 2 aromatic rings. The van der Waals surface area contributed by atoms with Gasteiger partial charge in [-0.25, -0.2) is 4.79 Å². The summed E-state index contributed by atoms with van der Waals surface area (Å²) in [5, 5.41) is 13.4. The third-order valence-electron chi connectivity index (χ3n) is 7.41. The zero-order chi connectivity index (χ0) is 21.2. The van der Waals surface area contributed by atoms with Crippen LogP contribution in [0.2, 0.25) is 0 Å². The predicted molar refractivity (Wildman–Crippen MR) is 129 cm³/mol. The summed E-state index contributed by atoms with van der Waals surface area (Å²) in [6.45, 7) is 1.87. The van der Waals surface area contributed by atoms with Crippen molar-refractivity contribution in [2.45, 2.75) is 38.5 Å². The third-order valence-corrected chi connectivity index (χ3v) is 8.65. The Morgan fingerprint density at radius 2 is 1.97 bits per heavy atom. The molecule has 3 nitrogen and oxygen atoms in total. The Morgan fingerprint density at radius 1 is 1.10 bits per heavy atom. The number of hydrogen-bond acceptors (Lipinski definition) is 3. The van der Waals surface area contributed by atoms with E-state index in [-0.39, 0.29) is 0 Å². The highest BCUT2D eigenvalue weighted by Crippen LogP contribution is 2.49. The molecule has 0 aromatic heterocycles. The smallest absolute Gasteiger partial charge is 0.338 e. The van der Waals surface area contributed by atoms with Crippen molar-refractivity contribution < 1.29 is 9.90 Å². The lowest BCUT2D eigenvalue weighted by Gasteiger charge is -2.34. The molecule has 3 aliphatic rings. The molecule has 1 aliphatic heterocycles. The van der Waals surface area contributed by atoms with Crippen LogP contribution in [-0.2, 0) is 11.2 Å². The van der Waals surface area contributed by atoms with E-state index in [1.165, 1.54) is 42.0 Å². The van der Waals surface area contributed by atoms with Gasteiger partial charge in [-0.05, 0) is 78.0 Å². The molecular formula is C27H31NO2S. The average Bonchev–Trinajstić information content (AvgIpc) is 3.40. The summed E-state index contributed by atoms with van der Waals surface area (Å²) in [6.07, 6.45) is 11.4. The van der Waals surface area contributed by atoms with Crippen molar-refractivity contribution in [3.8, 4) is 0 Å². The summed E-state index contributed by atoms with van der Waals surface area (Å²) in [6, 6.07) is 15.1. The van der Waals surface area contributed by atoms with Crippen LogP contribution in [0.5, 0.6) is 0 Å². The van der Waals surface area contributed by atoms with E-state index >= 15 is 0 Å². The summed E-state index contributed by atoms with van der Waals surface area (Å²) in [5.74, 6) is 2.67. The molecule has 0 radical (unpaired) electrons. The lowest BCUT2D eigenvalue weighted by atomic mass is 9.88. The van der Waals surface area contributed by atoms with Crippen molar-refractivity contribution in [1.82, 2.24) is 4.90 Å². The van der Waals surface area contributed by atoms with Crippen molar-refractivity contribution in [3.63, 3.8) is 0 Å². The first-order chi connectivity index (χ1) is 15.2. The Balaban J connectivity index is 1.24. The van der Waals surface area contributed by atoms with Gasteiger partial charge in [-0.3, -0.25) is 0 Å². The second-order valence-electron chi connectivity index (χ2n) is 9.36. The Kier molecular flexibility index (Phi) is 6.08. The van der Waals surface area contributed by atoms with E-state index in [2.05, 4.69) is 47.4 Å².